The fourth-order valence-corrected chi connectivity index (χ4v) is 4.28. The lowest BCUT2D eigenvalue weighted by atomic mass is 9.94. The fourth-order valence-electron chi connectivity index (χ4n) is 3.89. The van der Waals surface area contributed by atoms with Gasteiger partial charge in [0.05, 0.1) is 0 Å². The van der Waals surface area contributed by atoms with E-state index in [1.807, 2.05) is 30.5 Å². The first-order chi connectivity index (χ1) is 14.2. The minimum absolute atomic E-state index is 0.784. The number of thiol groups is 1. The van der Waals surface area contributed by atoms with Crippen molar-refractivity contribution in [3.05, 3.63) is 96.7 Å². The van der Waals surface area contributed by atoms with Crippen LogP contribution in [0.5, 0.6) is 0 Å². The molecule has 0 radical (unpaired) electrons. The van der Waals surface area contributed by atoms with E-state index < -0.39 is 0 Å². The van der Waals surface area contributed by atoms with Crippen molar-refractivity contribution < 1.29 is 0 Å². The zero-order valence-corrected chi connectivity index (χ0v) is 16.7. The van der Waals surface area contributed by atoms with Crippen molar-refractivity contribution in [2.75, 3.05) is 11.1 Å². The van der Waals surface area contributed by atoms with E-state index in [9.17, 15) is 0 Å². The molecule has 0 aliphatic carbocycles. The van der Waals surface area contributed by atoms with E-state index in [2.05, 4.69) is 72.1 Å². The molecule has 4 aromatic rings. The van der Waals surface area contributed by atoms with Crippen LogP contribution < -0.4 is 11.1 Å². The normalized spacial score (nSPS) is 14.7. The molecule has 1 aliphatic heterocycles. The molecule has 0 fully saturated rings. The van der Waals surface area contributed by atoms with Gasteiger partial charge in [-0.1, -0.05) is 78.9 Å². The minimum Gasteiger partial charge on any atom is -0.398 e. The van der Waals surface area contributed by atoms with Crippen LogP contribution in [0.2, 0.25) is 0 Å². The van der Waals surface area contributed by atoms with Gasteiger partial charge in [0.25, 0.3) is 0 Å². The second-order valence-corrected chi connectivity index (χ2v) is 7.56. The first kappa shape index (κ1) is 17.7. The van der Waals surface area contributed by atoms with Crippen molar-refractivity contribution in [1.29, 1.82) is 0 Å². The van der Waals surface area contributed by atoms with Gasteiger partial charge in [-0.2, -0.15) is 0 Å². The summed E-state index contributed by atoms with van der Waals surface area (Å²) in [6, 6.07) is 25.1. The molecular formula is C26H20N2S. The van der Waals surface area contributed by atoms with Gasteiger partial charge in [-0.15, -0.1) is 12.6 Å². The average Bonchev–Trinajstić information content (AvgIpc) is 2.73. The molecule has 29 heavy (non-hydrogen) atoms. The molecule has 0 saturated carbocycles. The molecule has 3 N–H and O–H groups in total. The monoisotopic (exact) mass is 392 g/mol. The summed E-state index contributed by atoms with van der Waals surface area (Å²) in [7, 11) is 0. The van der Waals surface area contributed by atoms with Gasteiger partial charge in [-0.25, -0.2) is 0 Å². The third kappa shape index (κ3) is 3.10. The van der Waals surface area contributed by atoms with Crippen molar-refractivity contribution in [1.82, 2.24) is 0 Å². The Bertz CT molecular complexity index is 1300. The zero-order chi connectivity index (χ0) is 19.8. The van der Waals surface area contributed by atoms with Gasteiger partial charge in [-0.3, -0.25) is 0 Å². The molecular weight excluding hydrogens is 372 g/mol. The number of nitrogens with two attached hydrogens (primary N) is 1. The van der Waals surface area contributed by atoms with Crippen LogP contribution in [0.15, 0.2) is 96.0 Å². The number of nitrogen functional groups attached to an aromatic ring is 1. The largest absolute Gasteiger partial charge is 0.398 e. The SMILES string of the molecule is Nc1c(-c2cccc(-c3ccc4cc3N/C=C\C=C/4)c2S)ccc2ccccc12. The van der Waals surface area contributed by atoms with Crippen LogP contribution in [0.4, 0.5) is 11.4 Å². The quantitative estimate of drug-likeness (QED) is 0.254. The van der Waals surface area contributed by atoms with Gasteiger partial charge in [0, 0.05) is 39.0 Å². The van der Waals surface area contributed by atoms with Gasteiger partial charge in [0.15, 0.2) is 0 Å². The fraction of sp³-hybridized carbons (Fsp3) is 0. The third-order valence-electron chi connectivity index (χ3n) is 5.37. The highest BCUT2D eigenvalue weighted by Gasteiger charge is 2.15. The van der Waals surface area contributed by atoms with Gasteiger partial charge in [0.1, 0.15) is 0 Å². The Kier molecular flexibility index (Phi) is 4.38. The van der Waals surface area contributed by atoms with Crippen LogP contribution in [-0.4, -0.2) is 0 Å². The van der Waals surface area contributed by atoms with E-state index in [-0.39, 0.29) is 0 Å². The maximum absolute atomic E-state index is 6.57. The first-order valence-corrected chi connectivity index (χ1v) is 10.0. The predicted octanol–water partition coefficient (Wildman–Crippen LogP) is 7.00. The Morgan fingerprint density at radius 2 is 1.52 bits per heavy atom. The summed E-state index contributed by atoms with van der Waals surface area (Å²) in [4.78, 5) is 0.918. The summed E-state index contributed by atoms with van der Waals surface area (Å²) >= 11 is 4.94. The van der Waals surface area contributed by atoms with Crippen molar-refractivity contribution in [2.45, 2.75) is 4.90 Å². The lowest BCUT2D eigenvalue weighted by Crippen LogP contribution is -1.96. The smallest absolute Gasteiger partial charge is 0.0473 e. The van der Waals surface area contributed by atoms with E-state index in [0.29, 0.717) is 0 Å². The summed E-state index contributed by atoms with van der Waals surface area (Å²) in [6.45, 7) is 0. The molecule has 0 atom stereocenters. The Labute approximate surface area is 175 Å². The van der Waals surface area contributed by atoms with Crippen molar-refractivity contribution >= 4 is 40.9 Å². The number of benzene rings is 4. The molecule has 0 amide bonds. The second-order valence-electron chi connectivity index (χ2n) is 7.12. The summed E-state index contributed by atoms with van der Waals surface area (Å²) in [5.41, 5.74) is 13.8. The third-order valence-corrected chi connectivity index (χ3v) is 5.85. The maximum Gasteiger partial charge on any atom is 0.0473 e. The molecule has 1 heterocycles. The number of hydrogen-bond acceptors (Lipinski definition) is 3. The Morgan fingerprint density at radius 3 is 2.41 bits per heavy atom. The number of anilines is 2. The number of allylic oxidation sites excluding steroid dienone is 2. The summed E-state index contributed by atoms with van der Waals surface area (Å²) in [6.07, 6.45) is 8.07. The summed E-state index contributed by atoms with van der Waals surface area (Å²) in [5, 5.41) is 5.59. The van der Waals surface area contributed by atoms with Gasteiger partial charge in [-0.05, 0) is 34.2 Å². The Morgan fingerprint density at radius 1 is 0.724 bits per heavy atom. The molecule has 140 valence electrons. The Hall–Kier alpha value is -3.43. The van der Waals surface area contributed by atoms with E-state index in [1.54, 1.807) is 0 Å². The highest BCUT2D eigenvalue weighted by molar-refractivity contribution is 7.80. The molecule has 4 aromatic carbocycles. The van der Waals surface area contributed by atoms with E-state index in [4.69, 9.17) is 18.4 Å². The number of rotatable bonds is 2. The molecule has 0 unspecified atom stereocenters. The molecule has 1 aliphatic rings. The van der Waals surface area contributed by atoms with Gasteiger partial charge >= 0.3 is 0 Å². The molecule has 5 rings (SSSR count). The van der Waals surface area contributed by atoms with Crippen molar-refractivity contribution in [3.63, 3.8) is 0 Å². The van der Waals surface area contributed by atoms with Gasteiger partial charge < -0.3 is 11.1 Å². The zero-order valence-electron chi connectivity index (χ0n) is 15.8. The number of hydrogen-bond donors (Lipinski definition) is 3. The highest BCUT2D eigenvalue weighted by atomic mass is 32.1. The van der Waals surface area contributed by atoms with Crippen molar-refractivity contribution in [3.8, 4) is 22.3 Å². The van der Waals surface area contributed by atoms with E-state index in [0.717, 1.165) is 54.9 Å². The molecule has 2 nitrogen and oxygen atoms in total. The predicted molar refractivity (Wildman–Crippen MR) is 128 cm³/mol. The van der Waals surface area contributed by atoms with Crippen LogP contribution >= 0.6 is 12.6 Å². The second kappa shape index (κ2) is 7.19. The summed E-state index contributed by atoms with van der Waals surface area (Å²) < 4.78 is 0. The molecule has 0 aromatic heterocycles. The Balaban J connectivity index is 1.69. The molecule has 0 spiro atoms. The van der Waals surface area contributed by atoms with E-state index in [1.165, 1.54) is 0 Å². The van der Waals surface area contributed by atoms with Crippen LogP contribution in [0, 0.1) is 0 Å². The van der Waals surface area contributed by atoms with Crippen LogP contribution in [0.1, 0.15) is 5.56 Å². The topological polar surface area (TPSA) is 38.0 Å². The van der Waals surface area contributed by atoms with Crippen LogP contribution in [0.25, 0.3) is 39.1 Å². The first-order valence-electron chi connectivity index (χ1n) is 9.56. The molecule has 3 heteroatoms. The number of fused-ring (bicyclic) bond motifs is 3. The maximum atomic E-state index is 6.57. The van der Waals surface area contributed by atoms with Gasteiger partial charge in [0.2, 0.25) is 0 Å². The van der Waals surface area contributed by atoms with Crippen molar-refractivity contribution in [2.24, 2.45) is 0 Å². The lowest BCUT2D eigenvalue weighted by Gasteiger charge is -2.17. The summed E-state index contributed by atoms with van der Waals surface area (Å²) in [5.74, 6) is 0. The molecule has 2 bridgehead atoms. The highest BCUT2D eigenvalue weighted by Crippen LogP contribution is 2.41. The average molecular weight is 393 g/mol. The number of nitrogens with one attached hydrogen (secondary N) is 1. The minimum atomic E-state index is 0.784. The standard InChI is InChI=1S/C26H20N2S/c27-25-19-8-2-1-7-18(19)12-14-21(25)23-10-5-9-22(26(23)29)20-13-11-17-6-3-4-15-28-24(20)16-17/h1-16,28-29H,27H2/b6-3-,15-4-. The van der Waals surface area contributed by atoms with E-state index >= 15 is 0 Å². The van der Waals surface area contributed by atoms with Crippen LogP contribution in [-0.2, 0) is 0 Å². The lowest BCUT2D eigenvalue weighted by molar-refractivity contribution is 1.43. The molecule has 0 saturated heterocycles. The van der Waals surface area contributed by atoms with Crippen LogP contribution in [0.3, 0.4) is 0 Å².